The lowest BCUT2D eigenvalue weighted by Gasteiger charge is -2.14. The van der Waals surface area contributed by atoms with Gasteiger partial charge < -0.3 is 19.1 Å². The van der Waals surface area contributed by atoms with Gasteiger partial charge >= 0.3 is 7.60 Å². The first kappa shape index (κ1) is 26.3. The molecule has 2 heterocycles. The third-order valence-electron chi connectivity index (χ3n) is 4.86. The highest BCUT2D eigenvalue weighted by Gasteiger charge is 2.19. The number of ether oxygens (including phenoxy) is 1. The monoisotopic (exact) mass is 471 g/mol. The molecule has 0 saturated carbocycles. The largest absolute Gasteiger partial charge is 0.364 e. The number of nitrogens with one attached hydrogen (secondary N) is 1. The van der Waals surface area contributed by atoms with Crippen LogP contribution in [0.3, 0.4) is 0 Å². The van der Waals surface area contributed by atoms with Crippen molar-refractivity contribution in [1.29, 1.82) is 0 Å². The van der Waals surface area contributed by atoms with Crippen LogP contribution in [-0.2, 0) is 20.7 Å². The molecule has 0 aliphatic rings. The topological polar surface area (TPSA) is 149 Å². The predicted octanol–water partition coefficient (Wildman–Crippen LogP) is 3.17. The Bertz CT molecular complexity index is 886. The zero-order chi connectivity index (χ0) is 23.4. The number of rotatable bonds is 16. The summed E-state index contributed by atoms with van der Waals surface area (Å²) in [5.74, 6) is -0.506. The summed E-state index contributed by atoms with van der Waals surface area (Å²) < 4.78 is 17.8. The molecule has 32 heavy (non-hydrogen) atoms. The lowest BCUT2D eigenvalue weighted by Crippen LogP contribution is -2.25. The van der Waals surface area contributed by atoms with Crippen LogP contribution >= 0.6 is 7.60 Å². The van der Waals surface area contributed by atoms with Crippen LogP contribution in [-0.4, -0.2) is 54.3 Å². The average molecular weight is 471 g/mol. The third kappa shape index (κ3) is 9.30. The van der Waals surface area contributed by atoms with Crippen LogP contribution in [0.5, 0.6) is 0 Å². The molecule has 2 aromatic heterocycles. The molecule has 0 aliphatic heterocycles. The minimum Gasteiger partial charge on any atom is -0.364 e. The van der Waals surface area contributed by atoms with E-state index in [2.05, 4.69) is 27.4 Å². The molecule has 3 N–H and O–H groups in total. The standard InChI is InChI=1S/C20H34N5O6P/c1-3-4-5-6-7-8-9-10-11-31-24-20(26)18-17-19(22-13-21-18)25(14-23-17)12-16(2)30-15-32(27,28)29/h13-14,16H,3-12,15H2,1-2H3,(H,24,26)(H2,27,28,29)/t16-/m1/s1. The van der Waals surface area contributed by atoms with Crippen molar-refractivity contribution in [2.45, 2.75) is 77.9 Å². The van der Waals surface area contributed by atoms with Gasteiger partial charge in [-0.3, -0.25) is 14.2 Å². The molecular weight excluding hydrogens is 437 g/mol. The zero-order valence-electron chi connectivity index (χ0n) is 18.8. The molecule has 0 saturated heterocycles. The van der Waals surface area contributed by atoms with Crippen LogP contribution in [0, 0.1) is 0 Å². The molecule has 0 aromatic carbocycles. The smallest absolute Gasteiger partial charge is 0.350 e. The second-order valence-electron chi connectivity index (χ2n) is 7.82. The zero-order valence-corrected chi connectivity index (χ0v) is 19.7. The van der Waals surface area contributed by atoms with Crippen molar-refractivity contribution in [3.8, 4) is 0 Å². The van der Waals surface area contributed by atoms with Gasteiger partial charge in [0, 0.05) is 0 Å². The number of hydrogen-bond acceptors (Lipinski definition) is 7. The number of fused-ring (bicyclic) bond motifs is 1. The van der Waals surface area contributed by atoms with Crippen LogP contribution in [0.4, 0.5) is 0 Å². The Balaban J connectivity index is 1.79. The molecule has 2 aromatic rings. The summed E-state index contributed by atoms with van der Waals surface area (Å²) >= 11 is 0. The molecule has 12 heteroatoms. The molecule has 0 spiro atoms. The number of imidazole rings is 1. The van der Waals surface area contributed by atoms with E-state index in [0.29, 0.717) is 17.8 Å². The quantitative estimate of drug-likeness (QED) is 0.191. The summed E-state index contributed by atoms with van der Waals surface area (Å²) in [5, 5.41) is 0. The summed E-state index contributed by atoms with van der Waals surface area (Å²) in [5.41, 5.74) is 3.22. The van der Waals surface area contributed by atoms with E-state index in [1.54, 1.807) is 11.5 Å². The van der Waals surface area contributed by atoms with Gasteiger partial charge in [0.25, 0.3) is 5.91 Å². The lowest BCUT2D eigenvalue weighted by atomic mass is 10.1. The molecule has 0 bridgehead atoms. The maximum Gasteiger partial charge on any atom is 0.350 e. The van der Waals surface area contributed by atoms with E-state index in [1.165, 1.54) is 51.2 Å². The van der Waals surface area contributed by atoms with E-state index in [1.807, 2.05) is 0 Å². The lowest BCUT2D eigenvalue weighted by molar-refractivity contribution is 0.0294. The van der Waals surface area contributed by atoms with Gasteiger partial charge in [-0.05, 0) is 13.3 Å². The van der Waals surface area contributed by atoms with Gasteiger partial charge in [0.05, 0.1) is 25.6 Å². The Morgan fingerprint density at radius 1 is 1.12 bits per heavy atom. The predicted molar refractivity (Wildman–Crippen MR) is 119 cm³/mol. The maximum atomic E-state index is 12.5. The Labute approximate surface area is 188 Å². The molecule has 0 aliphatic carbocycles. The number of hydrogen-bond donors (Lipinski definition) is 3. The Morgan fingerprint density at radius 2 is 1.81 bits per heavy atom. The van der Waals surface area contributed by atoms with Crippen LogP contribution in [0.25, 0.3) is 11.2 Å². The van der Waals surface area contributed by atoms with Gasteiger partial charge in [-0.25, -0.2) is 20.4 Å². The van der Waals surface area contributed by atoms with Gasteiger partial charge in [-0.15, -0.1) is 0 Å². The van der Waals surface area contributed by atoms with Crippen LogP contribution in [0.15, 0.2) is 12.7 Å². The van der Waals surface area contributed by atoms with Crippen molar-refractivity contribution in [3.05, 3.63) is 18.3 Å². The maximum absolute atomic E-state index is 12.5. The van der Waals surface area contributed by atoms with Crippen LogP contribution < -0.4 is 5.48 Å². The molecule has 180 valence electrons. The SMILES string of the molecule is CCCCCCCCCCONC(=O)c1ncnc2c1ncn2C[C@@H](C)OCP(=O)(O)O. The number of aromatic nitrogens is 4. The first-order valence-electron chi connectivity index (χ1n) is 11.1. The van der Waals surface area contributed by atoms with Crippen LogP contribution in [0.2, 0.25) is 0 Å². The van der Waals surface area contributed by atoms with Crippen molar-refractivity contribution >= 4 is 24.7 Å². The second kappa shape index (κ2) is 13.6. The molecule has 0 fully saturated rings. The molecular formula is C20H34N5O6P. The number of carbonyl (C=O) groups excluding carboxylic acids is 1. The van der Waals surface area contributed by atoms with Gasteiger partial charge in [0.15, 0.2) is 11.3 Å². The number of unbranched alkanes of at least 4 members (excludes halogenated alkanes) is 7. The van der Waals surface area contributed by atoms with Gasteiger partial charge in [0.2, 0.25) is 0 Å². The van der Waals surface area contributed by atoms with E-state index in [4.69, 9.17) is 19.4 Å². The van der Waals surface area contributed by atoms with E-state index < -0.39 is 26.0 Å². The normalized spacial score (nSPS) is 12.9. The van der Waals surface area contributed by atoms with E-state index in [-0.39, 0.29) is 12.2 Å². The second-order valence-corrected chi connectivity index (χ2v) is 9.40. The highest BCUT2D eigenvalue weighted by atomic mass is 31.2. The number of carbonyl (C=O) groups is 1. The number of nitrogens with zero attached hydrogens (tertiary/aromatic N) is 4. The summed E-state index contributed by atoms with van der Waals surface area (Å²) in [6, 6.07) is 0. The average Bonchev–Trinajstić information content (AvgIpc) is 3.16. The summed E-state index contributed by atoms with van der Waals surface area (Å²) in [4.78, 5) is 48.0. The Morgan fingerprint density at radius 3 is 2.50 bits per heavy atom. The summed E-state index contributed by atoms with van der Waals surface area (Å²) in [6.45, 7) is 4.56. The van der Waals surface area contributed by atoms with Crippen LogP contribution in [0.1, 0.15) is 75.7 Å². The Kier molecular flexibility index (Phi) is 11.2. The van der Waals surface area contributed by atoms with Crippen molar-refractivity contribution < 1.29 is 28.7 Å². The van der Waals surface area contributed by atoms with E-state index in [9.17, 15) is 9.36 Å². The molecule has 0 unspecified atom stereocenters. The van der Waals surface area contributed by atoms with Crippen molar-refractivity contribution in [2.75, 3.05) is 13.0 Å². The minimum atomic E-state index is -4.24. The first-order valence-corrected chi connectivity index (χ1v) is 12.9. The number of hydroxylamine groups is 1. The molecule has 11 nitrogen and oxygen atoms in total. The fourth-order valence-corrected chi connectivity index (χ4v) is 3.66. The summed E-state index contributed by atoms with van der Waals surface area (Å²) in [6.07, 6.45) is 11.0. The summed E-state index contributed by atoms with van der Waals surface area (Å²) in [7, 11) is -4.24. The highest BCUT2D eigenvalue weighted by Crippen LogP contribution is 2.34. The fraction of sp³-hybridized carbons (Fsp3) is 0.700. The molecule has 0 radical (unpaired) electrons. The third-order valence-corrected chi connectivity index (χ3v) is 5.35. The molecule has 2 rings (SSSR count). The van der Waals surface area contributed by atoms with Gasteiger partial charge in [0.1, 0.15) is 18.2 Å². The van der Waals surface area contributed by atoms with Gasteiger partial charge in [-0.2, -0.15) is 0 Å². The van der Waals surface area contributed by atoms with Crippen molar-refractivity contribution in [1.82, 2.24) is 25.0 Å². The Hall–Kier alpha value is -1.91. The number of amides is 1. The molecule has 1 atom stereocenters. The van der Waals surface area contributed by atoms with Crippen molar-refractivity contribution in [2.24, 2.45) is 0 Å². The van der Waals surface area contributed by atoms with Crippen molar-refractivity contribution in [3.63, 3.8) is 0 Å². The van der Waals surface area contributed by atoms with Gasteiger partial charge in [-0.1, -0.05) is 51.9 Å². The highest BCUT2D eigenvalue weighted by molar-refractivity contribution is 7.51. The first-order chi connectivity index (χ1) is 15.3. The molecule has 1 amide bonds. The van der Waals surface area contributed by atoms with E-state index >= 15 is 0 Å². The van der Waals surface area contributed by atoms with E-state index in [0.717, 1.165) is 12.8 Å². The minimum absolute atomic E-state index is 0.0912. The fourth-order valence-electron chi connectivity index (χ4n) is 3.21.